The highest BCUT2D eigenvalue weighted by atomic mass is 16.6. The van der Waals surface area contributed by atoms with Crippen molar-refractivity contribution in [3.8, 4) is 5.75 Å². The number of nitrogens with zero attached hydrogens (tertiary/aromatic N) is 2. The lowest BCUT2D eigenvalue weighted by Crippen LogP contribution is -2.32. The first-order valence-corrected chi connectivity index (χ1v) is 9.67. The first-order valence-electron chi connectivity index (χ1n) is 9.67. The van der Waals surface area contributed by atoms with Gasteiger partial charge in [-0.25, -0.2) is 0 Å². The number of carbonyl (C=O) groups excluding carboxylic acids is 1. The molecule has 8 heteroatoms. The Hall–Kier alpha value is -3.94. The van der Waals surface area contributed by atoms with E-state index < -0.39 is 16.8 Å². The third-order valence-corrected chi connectivity index (χ3v) is 5.03. The van der Waals surface area contributed by atoms with Gasteiger partial charge in [-0.15, -0.1) is 0 Å². The van der Waals surface area contributed by atoms with Crippen molar-refractivity contribution in [1.82, 2.24) is 0 Å². The Bertz CT molecular complexity index is 1160. The van der Waals surface area contributed by atoms with Crippen LogP contribution in [0.4, 0.5) is 11.4 Å². The van der Waals surface area contributed by atoms with Gasteiger partial charge in [0.1, 0.15) is 5.75 Å². The fourth-order valence-electron chi connectivity index (χ4n) is 3.41. The molecule has 3 rings (SSSR count). The Morgan fingerprint density at radius 1 is 1.13 bits per heavy atom. The SMILES string of the molecule is COc1ccc2cccc(N(CCCC(=O)O)C(=O)c3ccc(C)c([N+](=O)[O-])c3)c2c1. The number of ether oxygens (including phenoxy) is 1. The number of carbonyl (C=O) groups is 2. The minimum Gasteiger partial charge on any atom is -0.497 e. The first-order chi connectivity index (χ1) is 14.8. The summed E-state index contributed by atoms with van der Waals surface area (Å²) in [6.45, 7) is 1.75. The summed E-state index contributed by atoms with van der Waals surface area (Å²) in [6, 6.07) is 15.3. The molecule has 3 aromatic carbocycles. The highest BCUT2D eigenvalue weighted by Crippen LogP contribution is 2.32. The van der Waals surface area contributed by atoms with Crippen molar-refractivity contribution >= 4 is 34.0 Å². The molecule has 0 atom stereocenters. The summed E-state index contributed by atoms with van der Waals surface area (Å²) >= 11 is 0. The standard InChI is InChI=1S/C23H22N2O6/c1-15-8-9-17(13-21(15)25(29)30)23(28)24(12-4-7-22(26)27)20-6-3-5-16-10-11-18(31-2)14-19(16)20/h3,5-6,8-11,13-14H,4,7,12H2,1-2H3,(H,26,27). The maximum Gasteiger partial charge on any atom is 0.303 e. The van der Waals surface area contributed by atoms with E-state index in [4.69, 9.17) is 9.84 Å². The van der Waals surface area contributed by atoms with Crippen LogP contribution >= 0.6 is 0 Å². The third kappa shape index (κ3) is 4.80. The van der Waals surface area contributed by atoms with Gasteiger partial charge in [-0.3, -0.25) is 19.7 Å². The zero-order chi connectivity index (χ0) is 22.5. The van der Waals surface area contributed by atoms with E-state index in [1.807, 2.05) is 18.2 Å². The first kappa shape index (κ1) is 21.8. The summed E-state index contributed by atoms with van der Waals surface area (Å²) in [5.74, 6) is -0.786. The molecule has 0 aliphatic heterocycles. The zero-order valence-electron chi connectivity index (χ0n) is 17.2. The zero-order valence-corrected chi connectivity index (χ0v) is 17.2. The van der Waals surface area contributed by atoms with Gasteiger partial charge in [0.25, 0.3) is 11.6 Å². The van der Waals surface area contributed by atoms with Gasteiger partial charge >= 0.3 is 5.97 Å². The van der Waals surface area contributed by atoms with Crippen molar-refractivity contribution in [2.45, 2.75) is 19.8 Å². The second-order valence-electron chi connectivity index (χ2n) is 7.08. The Labute approximate surface area is 178 Å². The molecule has 0 radical (unpaired) electrons. The molecule has 0 aromatic heterocycles. The molecule has 31 heavy (non-hydrogen) atoms. The van der Waals surface area contributed by atoms with Crippen LogP contribution in [0.3, 0.4) is 0 Å². The monoisotopic (exact) mass is 422 g/mol. The smallest absolute Gasteiger partial charge is 0.303 e. The number of carboxylic acids is 1. The summed E-state index contributed by atoms with van der Waals surface area (Å²) in [4.78, 5) is 36.7. The lowest BCUT2D eigenvalue weighted by Gasteiger charge is -2.24. The lowest BCUT2D eigenvalue weighted by molar-refractivity contribution is -0.385. The van der Waals surface area contributed by atoms with Crippen molar-refractivity contribution in [1.29, 1.82) is 0 Å². The number of amides is 1. The molecule has 0 unspecified atom stereocenters. The Kier molecular flexibility index (Phi) is 6.49. The van der Waals surface area contributed by atoms with E-state index in [1.165, 1.54) is 17.0 Å². The van der Waals surface area contributed by atoms with Gasteiger partial charge in [0.2, 0.25) is 0 Å². The number of aliphatic carboxylic acids is 1. The van der Waals surface area contributed by atoms with Crippen molar-refractivity contribution in [2.75, 3.05) is 18.6 Å². The maximum atomic E-state index is 13.4. The summed E-state index contributed by atoms with van der Waals surface area (Å²) in [7, 11) is 1.55. The van der Waals surface area contributed by atoms with Gasteiger partial charge in [0.15, 0.2) is 0 Å². The second-order valence-corrected chi connectivity index (χ2v) is 7.08. The van der Waals surface area contributed by atoms with Crippen LogP contribution in [0.25, 0.3) is 10.8 Å². The van der Waals surface area contributed by atoms with Crippen LogP contribution in [0.2, 0.25) is 0 Å². The van der Waals surface area contributed by atoms with Crippen LogP contribution < -0.4 is 9.64 Å². The number of methoxy groups -OCH3 is 1. The molecule has 3 aromatic rings. The highest BCUT2D eigenvalue weighted by molar-refractivity contribution is 6.11. The molecule has 0 heterocycles. The van der Waals surface area contributed by atoms with Crippen LogP contribution in [0.15, 0.2) is 54.6 Å². The minimum absolute atomic E-state index is 0.105. The molecule has 1 N–H and O–H groups in total. The number of benzene rings is 3. The van der Waals surface area contributed by atoms with Gasteiger partial charge in [0, 0.05) is 35.5 Å². The Morgan fingerprint density at radius 3 is 2.58 bits per heavy atom. The van der Waals surface area contributed by atoms with Crippen molar-refractivity contribution < 1.29 is 24.4 Å². The number of nitro benzene ring substituents is 1. The number of rotatable bonds is 8. The number of fused-ring (bicyclic) bond motifs is 1. The van der Waals surface area contributed by atoms with E-state index in [0.717, 1.165) is 10.8 Å². The van der Waals surface area contributed by atoms with Crippen molar-refractivity contribution in [3.63, 3.8) is 0 Å². The van der Waals surface area contributed by atoms with Gasteiger partial charge < -0.3 is 14.7 Å². The highest BCUT2D eigenvalue weighted by Gasteiger charge is 2.23. The quantitative estimate of drug-likeness (QED) is 0.420. The van der Waals surface area contributed by atoms with Crippen LogP contribution in [0, 0.1) is 17.0 Å². The summed E-state index contributed by atoms with van der Waals surface area (Å²) < 4.78 is 5.31. The van der Waals surface area contributed by atoms with Crippen molar-refractivity contribution in [3.05, 3.63) is 75.8 Å². The molecule has 1 amide bonds. The van der Waals surface area contributed by atoms with E-state index >= 15 is 0 Å². The fourth-order valence-corrected chi connectivity index (χ4v) is 3.41. The Balaban J connectivity index is 2.10. The largest absolute Gasteiger partial charge is 0.497 e. The topological polar surface area (TPSA) is 110 Å². The number of nitro groups is 1. The van der Waals surface area contributed by atoms with E-state index in [1.54, 1.807) is 38.3 Å². The predicted molar refractivity (Wildman–Crippen MR) is 117 cm³/mol. The van der Waals surface area contributed by atoms with Gasteiger partial charge in [-0.1, -0.05) is 24.3 Å². The van der Waals surface area contributed by atoms with E-state index in [9.17, 15) is 19.7 Å². The molecule has 0 aliphatic rings. The lowest BCUT2D eigenvalue weighted by atomic mass is 10.0. The second kappa shape index (κ2) is 9.25. The molecular formula is C23H22N2O6. The van der Waals surface area contributed by atoms with Crippen LogP contribution in [0.5, 0.6) is 5.75 Å². The molecule has 8 nitrogen and oxygen atoms in total. The molecule has 0 aliphatic carbocycles. The van der Waals surface area contributed by atoms with Crippen LogP contribution in [-0.2, 0) is 4.79 Å². The Morgan fingerprint density at radius 2 is 1.90 bits per heavy atom. The summed E-state index contributed by atoms with van der Waals surface area (Å²) in [6.07, 6.45) is 0.126. The molecular weight excluding hydrogens is 400 g/mol. The average Bonchev–Trinajstić information content (AvgIpc) is 2.75. The molecule has 0 bridgehead atoms. The van der Waals surface area contributed by atoms with Gasteiger partial charge in [-0.05, 0) is 43.0 Å². The van der Waals surface area contributed by atoms with E-state index in [0.29, 0.717) is 17.0 Å². The minimum atomic E-state index is -0.960. The average molecular weight is 422 g/mol. The number of hydrogen-bond acceptors (Lipinski definition) is 5. The normalized spacial score (nSPS) is 10.6. The van der Waals surface area contributed by atoms with Crippen LogP contribution in [0.1, 0.15) is 28.8 Å². The maximum absolute atomic E-state index is 13.4. The van der Waals surface area contributed by atoms with Gasteiger partial charge in [-0.2, -0.15) is 0 Å². The van der Waals surface area contributed by atoms with E-state index in [2.05, 4.69) is 0 Å². The number of hydrogen-bond donors (Lipinski definition) is 1. The molecule has 0 fully saturated rings. The molecule has 0 spiro atoms. The third-order valence-electron chi connectivity index (χ3n) is 5.03. The van der Waals surface area contributed by atoms with Crippen molar-refractivity contribution in [2.24, 2.45) is 0 Å². The predicted octanol–water partition coefficient (Wildman–Crippen LogP) is 4.58. The van der Waals surface area contributed by atoms with Crippen LogP contribution in [-0.4, -0.2) is 35.6 Å². The molecule has 0 saturated heterocycles. The number of anilines is 1. The molecule has 0 saturated carbocycles. The van der Waals surface area contributed by atoms with E-state index in [-0.39, 0.29) is 30.6 Å². The number of carboxylic acid groups (broad SMARTS) is 1. The molecule has 160 valence electrons. The number of aryl methyl sites for hydroxylation is 1. The summed E-state index contributed by atoms with van der Waals surface area (Å²) in [5, 5.41) is 22.0. The van der Waals surface area contributed by atoms with Gasteiger partial charge in [0.05, 0.1) is 17.7 Å². The fraction of sp³-hybridized carbons (Fsp3) is 0.217. The summed E-state index contributed by atoms with van der Waals surface area (Å²) in [5.41, 5.74) is 1.05.